The summed E-state index contributed by atoms with van der Waals surface area (Å²) in [5.41, 5.74) is 0. The highest BCUT2D eigenvalue weighted by atomic mass is 16.1. The average molecular weight is 171 g/mol. The SMILES string of the molecule is CCN(CC(C)C)C(C)C(C)=O. The average Bonchev–Trinajstić information content (AvgIpc) is 1.98. The summed E-state index contributed by atoms with van der Waals surface area (Å²) in [5.74, 6) is 0.893. The minimum Gasteiger partial charge on any atom is -0.298 e. The van der Waals surface area contributed by atoms with Gasteiger partial charge in [0.1, 0.15) is 5.78 Å². The molecule has 0 N–H and O–H groups in total. The normalized spacial score (nSPS) is 13.9. The van der Waals surface area contributed by atoms with Gasteiger partial charge in [0.2, 0.25) is 0 Å². The van der Waals surface area contributed by atoms with Crippen molar-refractivity contribution in [3.05, 3.63) is 0 Å². The fraction of sp³-hybridized carbons (Fsp3) is 0.900. The Morgan fingerprint density at radius 2 is 1.83 bits per heavy atom. The number of carbonyl (C=O) groups is 1. The second kappa shape index (κ2) is 5.31. The number of carbonyl (C=O) groups excluding carboxylic acids is 1. The first kappa shape index (κ1) is 11.6. The first-order chi connectivity index (χ1) is 5.49. The second-order valence-electron chi connectivity index (χ2n) is 3.77. The molecule has 0 saturated heterocycles. The quantitative estimate of drug-likeness (QED) is 0.630. The zero-order valence-electron chi connectivity index (χ0n) is 8.92. The number of hydrogen-bond donors (Lipinski definition) is 0. The van der Waals surface area contributed by atoms with Crippen molar-refractivity contribution in [2.45, 2.75) is 40.7 Å². The second-order valence-corrected chi connectivity index (χ2v) is 3.77. The molecule has 0 aliphatic heterocycles. The molecule has 0 fully saturated rings. The molecule has 1 atom stereocenters. The molecule has 0 aliphatic rings. The number of likely N-dealkylation sites (N-methyl/N-ethyl adjacent to an activating group) is 1. The lowest BCUT2D eigenvalue weighted by Crippen LogP contribution is -2.39. The van der Waals surface area contributed by atoms with Gasteiger partial charge in [-0.25, -0.2) is 0 Å². The summed E-state index contributed by atoms with van der Waals surface area (Å²) >= 11 is 0. The van der Waals surface area contributed by atoms with Gasteiger partial charge in [-0.2, -0.15) is 0 Å². The maximum atomic E-state index is 11.1. The largest absolute Gasteiger partial charge is 0.298 e. The van der Waals surface area contributed by atoms with Crippen molar-refractivity contribution < 1.29 is 4.79 Å². The number of hydrogen-bond acceptors (Lipinski definition) is 2. The minimum absolute atomic E-state index is 0.0809. The van der Waals surface area contributed by atoms with Gasteiger partial charge in [-0.15, -0.1) is 0 Å². The minimum atomic E-state index is 0.0809. The summed E-state index contributed by atoms with van der Waals surface area (Å²) in [5, 5.41) is 0. The summed E-state index contributed by atoms with van der Waals surface area (Å²) in [6.07, 6.45) is 0. The Kier molecular flexibility index (Phi) is 5.14. The van der Waals surface area contributed by atoms with E-state index in [9.17, 15) is 4.79 Å². The van der Waals surface area contributed by atoms with Crippen LogP contribution in [0.5, 0.6) is 0 Å². The molecule has 0 aliphatic carbocycles. The molecule has 0 aromatic carbocycles. The number of rotatable bonds is 5. The van der Waals surface area contributed by atoms with E-state index in [-0.39, 0.29) is 11.8 Å². The van der Waals surface area contributed by atoms with Gasteiger partial charge < -0.3 is 0 Å². The molecule has 0 radical (unpaired) electrons. The van der Waals surface area contributed by atoms with Gasteiger partial charge in [0, 0.05) is 6.54 Å². The highest BCUT2D eigenvalue weighted by Gasteiger charge is 2.16. The van der Waals surface area contributed by atoms with Gasteiger partial charge in [0.25, 0.3) is 0 Å². The summed E-state index contributed by atoms with van der Waals surface area (Å²) in [4.78, 5) is 13.3. The fourth-order valence-electron chi connectivity index (χ4n) is 1.29. The van der Waals surface area contributed by atoms with Crippen molar-refractivity contribution in [3.63, 3.8) is 0 Å². The van der Waals surface area contributed by atoms with E-state index in [0.29, 0.717) is 5.92 Å². The number of Topliss-reactive ketones (excluding diaryl/α,β-unsaturated/α-hetero) is 1. The summed E-state index contributed by atoms with van der Waals surface area (Å²) in [6, 6.07) is 0.0809. The lowest BCUT2D eigenvalue weighted by molar-refractivity contribution is -0.121. The topological polar surface area (TPSA) is 20.3 Å². The summed E-state index contributed by atoms with van der Waals surface area (Å²) in [7, 11) is 0. The van der Waals surface area contributed by atoms with Gasteiger partial charge in [0.15, 0.2) is 0 Å². The molecule has 1 unspecified atom stereocenters. The predicted molar refractivity (Wildman–Crippen MR) is 52.2 cm³/mol. The summed E-state index contributed by atoms with van der Waals surface area (Å²) < 4.78 is 0. The first-order valence-corrected chi connectivity index (χ1v) is 4.73. The van der Waals surface area contributed by atoms with E-state index in [1.807, 2.05) is 6.92 Å². The van der Waals surface area contributed by atoms with Crippen LogP contribution in [0, 0.1) is 5.92 Å². The van der Waals surface area contributed by atoms with Crippen LogP contribution in [0.1, 0.15) is 34.6 Å². The Hall–Kier alpha value is -0.370. The van der Waals surface area contributed by atoms with E-state index < -0.39 is 0 Å². The lowest BCUT2D eigenvalue weighted by atomic mass is 10.1. The van der Waals surface area contributed by atoms with Crippen LogP contribution in [0.2, 0.25) is 0 Å². The van der Waals surface area contributed by atoms with Gasteiger partial charge in [0.05, 0.1) is 6.04 Å². The van der Waals surface area contributed by atoms with Crippen molar-refractivity contribution in [3.8, 4) is 0 Å². The molecule has 2 heteroatoms. The third-order valence-electron chi connectivity index (χ3n) is 2.14. The molecule has 0 aromatic rings. The summed E-state index contributed by atoms with van der Waals surface area (Å²) in [6.45, 7) is 12.1. The zero-order chi connectivity index (χ0) is 9.72. The first-order valence-electron chi connectivity index (χ1n) is 4.73. The molecule has 0 heterocycles. The molecule has 12 heavy (non-hydrogen) atoms. The zero-order valence-corrected chi connectivity index (χ0v) is 8.92. The van der Waals surface area contributed by atoms with Gasteiger partial charge in [-0.05, 0) is 26.3 Å². The molecule has 0 aromatic heterocycles. The number of nitrogens with zero attached hydrogens (tertiary/aromatic N) is 1. The van der Waals surface area contributed by atoms with E-state index in [2.05, 4.69) is 25.7 Å². The lowest BCUT2D eigenvalue weighted by Gasteiger charge is -2.27. The van der Waals surface area contributed by atoms with Crippen molar-refractivity contribution in [1.82, 2.24) is 4.90 Å². The van der Waals surface area contributed by atoms with Crippen LogP contribution in [-0.4, -0.2) is 29.8 Å². The van der Waals surface area contributed by atoms with E-state index in [1.165, 1.54) is 0 Å². The third-order valence-corrected chi connectivity index (χ3v) is 2.14. The van der Waals surface area contributed by atoms with Crippen molar-refractivity contribution in [2.75, 3.05) is 13.1 Å². The molecule has 0 spiro atoms. The number of ketones is 1. The maximum absolute atomic E-state index is 11.1. The molecular formula is C10H21NO. The molecule has 0 amide bonds. The van der Waals surface area contributed by atoms with Crippen molar-refractivity contribution >= 4 is 5.78 Å². The van der Waals surface area contributed by atoms with Crippen LogP contribution in [0.15, 0.2) is 0 Å². The Morgan fingerprint density at radius 3 is 2.08 bits per heavy atom. The smallest absolute Gasteiger partial charge is 0.146 e. The highest BCUT2D eigenvalue weighted by molar-refractivity contribution is 5.80. The van der Waals surface area contributed by atoms with Crippen LogP contribution in [0.3, 0.4) is 0 Å². The van der Waals surface area contributed by atoms with E-state index in [4.69, 9.17) is 0 Å². The van der Waals surface area contributed by atoms with Crippen LogP contribution < -0.4 is 0 Å². The van der Waals surface area contributed by atoms with Crippen LogP contribution >= 0.6 is 0 Å². The van der Waals surface area contributed by atoms with Crippen LogP contribution in [0.4, 0.5) is 0 Å². The fourth-order valence-corrected chi connectivity index (χ4v) is 1.29. The molecular weight excluding hydrogens is 150 g/mol. The van der Waals surface area contributed by atoms with Crippen molar-refractivity contribution in [2.24, 2.45) is 5.92 Å². The van der Waals surface area contributed by atoms with Crippen LogP contribution in [0.25, 0.3) is 0 Å². The Balaban J connectivity index is 4.05. The monoisotopic (exact) mass is 171 g/mol. The van der Waals surface area contributed by atoms with Gasteiger partial charge in [-0.3, -0.25) is 9.69 Å². The highest BCUT2D eigenvalue weighted by Crippen LogP contribution is 2.04. The molecule has 0 saturated carbocycles. The van der Waals surface area contributed by atoms with Crippen LogP contribution in [-0.2, 0) is 4.79 Å². The Labute approximate surface area is 75.9 Å². The van der Waals surface area contributed by atoms with Gasteiger partial charge in [-0.1, -0.05) is 20.8 Å². The van der Waals surface area contributed by atoms with Crippen molar-refractivity contribution in [1.29, 1.82) is 0 Å². The van der Waals surface area contributed by atoms with Gasteiger partial charge >= 0.3 is 0 Å². The predicted octanol–water partition coefficient (Wildman–Crippen LogP) is 1.94. The molecule has 2 nitrogen and oxygen atoms in total. The molecule has 0 rings (SSSR count). The van der Waals surface area contributed by atoms with E-state index >= 15 is 0 Å². The molecule has 0 bridgehead atoms. The molecule has 72 valence electrons. The third kappa shape index (κ3) is 3.86. The van der Waals surface area contributed by atoms with E-state index in [1.54, 1.807) is 6.92 Å². The maximum Gasteiger partial charge on any atom is 0.146 e. The standard InChI is InChI=1S/C10H21NO/c1-6-11(7-8(2)3)9(4)10(5)12/h8-9H,6-7H2,1-5H3. The Bertz CT molecular complexity index is 143. The Morgan fingerprint density at radius 1 is 1.33 bits per heavy atom. The van der Waals surface area contributed by atoms with E-state index in [0.717, 1.165) is 13.1 Å².